The van der Waals surface area contributed by atoms with Gasteiger partial charge >= 0.3 is 0 Å². The van der Waals surface area contributed by atoms with Gasteiger partial charge in [-0.05, 0) is 13.3 Å². The first-order chi connectivity index (χ1) is 6.66. The number of carbonyl (C=O) groups is 1. The van der Waals surface area contributed by atoms with E-state index in [1.165, 1.54) is 19.3 Å². The highest BCUT2D eigenvalue weighted by Gasteiger charge is 2.01. The van der Waals surface area contributed by atoms with E-state index < -0.39 is 6.10 Å². The second-order valence-corrected chi connectivity index (χ2v) is 3.82. The van der Waals surface area contributed by atoms with Gasteiger partial charge in [-0.2, -0.15) is 0 Å². The maximum atomic E-state index is 11.2. The van der Waals surface area contributed by atoms with Crippen molar-refractivity contribution < 1.29 is 9.90 Å². The summed E-state index contributed by atoms with van der Waals surface area (Å²) in [7, 11) is 0. The standard InChI is InChI=1S/C11H23NO2/c1-3-4-5-6-7-8-11(14)12-9-10(2)13/h10,13H,3-9H2,1-2H3,(H,12,14)/t10-/m0/s1. The fraction of sp³-hybridized carbons (Fsp3) is 0.909. The van der Waals surface area contributed by atoms with Crippen molar-refractivity contribution in [1.29, 1.82) is 0 Å². The molecule has 3 heteroatoms. The number of unbranched alkanes of at least 4 members (excludes halogenated alkanes) is 4. The minimum atomic E-state index is -0.445. The van der Waals surface area contributed by atoms with Crippen LogP contribution in [-0.2, 0) is 4.79 Å². The van der Waals surface area contributed by atoms with Crippen molar-refractivity contribution in [3.8, 4) is 0 Å². The van der Waals surface area contributed by atoms with E-state index in [1.807, 2.05) is 0 Å². The Labute approximate surface area is 86.9 Å². The molecule has 0 bridgehead atoms. The van der Waals surface area contributed by atoms with Crippen LogP contribution in [0.25, 0.3) is 0 Å². The molecule has 0 aromatic carbocycles. The number of aliphatic hydroxyl groups excluding tert-OH is 1. The molecule has 0 radical (unpaired) electrons. The lowest BCUT2D eigenvalue weighted by Crippen LogP contribution is -2.30. The third-order valence-corrected chi connectivity index (χ3v) is 2.10. The molecule has 14 heavy (non-hydrogen) atoms. The summed E-state index contributed by atoms with van der Waals surface area (Å²) >= 11 is 0. The second kappa shape index (κ2) is 9.00. The quantitative estimate of drug-likeness (QED) is 0.589. The number of aliphatic hydroxyl groups is 1. The van der Waals surface area contributed by atoms with E-state index in [0.29, 0.717) is 13.0 Å². The molecular formula is C11H23NO2. The molecule has 0 aromatic heterocycles. The third kappa shape index (κ3) is 9.52. The summed E-state index contributed by atoms with van der Waals surface area (Å²) in [6.45, 7) is 4.21. The summed E-state index contributed by atoms with van der Waals surface area (Å²) in [5.41, 5.74) is 0. The number of nitrogens with one attached hydrogen (secondary N) is 1. The molecule has 0 saturated heterocycles. The Morgan fingerprint density at radius 3 is 2.50 bits per heavy atom. The molecule has 0 aliphatic carbocycles. The summed E-state index contributed by atoms with van der Waals surface area (Å²) in [5, 5.41) is 11.6. The largest absolute Gasteiger partial charge is 0.392 e. The van der Waals surface area contributed by atoms with Gasteiger partial charge in [0, 0.05) is 13.0 Å². The maximum Gasteiger partial charge on any atom is 0.220 e. The third-order valence-electron chi connectivity index (χ3n) is 2.10. The zero-order valence-corrected chi connectivity index (χ0v) is 9.38. The van der Waals surface area contributed by atoms with Crippen LogP contribution in [0, 0.1) is 0 Å². The Kier molecular flexibility index (Phi) is 8.64. The summed E-state index contributed by atoms with van der Waals surface area (Å²) < 4.78 is 0. The van der Waals surface area contributed by atoms with Crippen LogP contribution in [-0.4, -0.2) is 23.7 Å². The second-order valence-electron chi connectivity index (χ2n) is 3.82. The molecule has 0 aromatic rings. The Balaban J connectivity index is 3.18. The molecule has 0 aliphatic heterocycles. The van der Waals surface area contributed by atoms with Gasteiger partial charge in [0.15, 0.2) is 0 Å². The Bertz CT molecular complexity index is 146. The molecular weight excluding hydrogens is 178 g/mol. The molecule has 0 unspecified atom stereocenters. The van der Waals surface area contributed by atoms with Crippen molar-refractivity contribution in [2.24, 2.45) is 0 Å². The average Bonchev–Trinajstić information content (AvgIpc) is 2.14. The zero-order valence-electron chi connectivity index (χ0n) is 9.38. The van der Waals surface area contributed by atoms with Crippen LogP contribution in [0.3, 0.4) is 0 Å². The number of rotatable bonds is 8. The van der Waals surface area contributed by atoms with Crippen LogP contribution in [0.5, 0.6) is 0 Å². The van der Waals surface area contributed by atoms with Gasteiger partial charge in [-0.3, -0.25) is 4.79 Å². The summed E-state index contributed by atoms with van der Waals surface area (Å²) in [4.78, 5) is 11.2. The predicted molar refractivity (Wildman–Crippen MR) is 58.1 cm³/mol. The van der Waals surface area contributed by atoms with Gasteiger partial charge in [-0.15, -0.1) is 0 Å². The van der Waals surface area contributed by atoms with E-state index in [-0.39, 0.29) is 5.91 Å². The van der Waals surface area contributed by atoms with Gasteiger partial charge < -0.3 is 10.4 Å². The summed E-state index contributed by atoms with van der Waals surface area (Å²) in [5.74, 6) is 0.0578. The van der Waals surface area contributed by atoms with Gasteiger partial charge in [0.05, 0.1) is 6.10 Å². The highest BCUT2D eigenvalue weighted by molar-refractivity contribution is 5.75. The molecule has 0 saturated carbocycles. The first kappa shape index (κ1) is 13.4. The zero-order chi connectivity index (χ0) is 10.8. The lowest BCUT2D eigenvalue weighted by atomic mass is 10.1. The number of carbonyl (C=O) groups excluding carboxylic acids is 1. The van der Waals surface area contributed by atoms with Gasteiger partial charge in [0.2, 0.25) is 5.91 Å². The average molecular weight is 201 g/mol. The molecule has 2 N–H and O–H groups in total. The Hall–Kier alpha value is -0.570. The Morgan fingerprint density at radius 2 is 1.93 bits per heavy atom. The molecule has 1 atom stereocenters. The van der Waals surface area contributed by atoms with Crippen LogP contribution < -0.4 is 5.32 Å². The van der Waals surface area contributed by atoms with Gasteiger partial charge in [-0.25, -0.2) is 0 Å². The maximum absolute atomic E-state index is 11.2. The van der Waals surface area contributed by atoms with E-state index in [9.17, 15) is 4.79 Å². The minimum Gasteiger partial charge on any atom is -0.392 e. The van der Waals surface area contributed by atoms with Gasteiger partial charge in [0.1, 0.15) is 0 Å². The molecule has 0 spiro atoms. The van der Waals surface area contributed by atoms with Crippen molar-refractivity contribution in [2.45, 2.75) is 58.5 Å². The molecule has 3 nitrogen and oxygen atoms in total. The van der Waals surface area contributed by atoms with Crippen molar-refractivity contribution in [3.63, 3.8) is 0 Å². The van der Waals surface area contributed by atoms with Crippen molar-refractivity contribution >= 4 is 5.91 Å². The normalized spacial score (nSPS) is 12.5. The van der Waals surface area contributed by atoms with E-state index in [1.54, 1.807) is 6.92 Å². The molecule has 1 amide bonds. The highest BCUT2D eigenvalue weighted by Crippen LogP contribution is 2.04. The van der Waals surface area contributed by atoms with Crippen LogP contribution in [0.15, 0.2) is 0 Å². The van der Waals surface area contributed by atoms with Crippen LogP contribution in [0.4, 0.5) is 0 Å². The fourth-order valence-electron chi connectivity index (χ4n) is 1.24. The topological polar surface area (TPSA) is 49.3 Å². The lowest BCUT2D eigenvalue weighted by Gasteiger charge is -2.06. The van der Waals surface area contributed by atoms with E-state index >= 15 is 0 Å². The summed E-state index contributed by atoms with van der Waals surface area (Å²) in [6, 6.07) is 0. The minimum absolute atomic E-state index is 0.0578. The smallest absolute Gasteiger partial charge is 0.220 e. The SMILES string of the molecule is CCCCCCCC(=O)NC[C@H](C)O. The molecule has 84 valence electrons. The first-order valence-corrected chi connectivity index (χ1v) is 5.61. The van der Waals surface area contributed by atoms with Crippen LogP contribution in [0.1, 0.15) is 52.4 Å². The monoisotopic (exact) mass is 201 g/mol. The number of hydrogen-bond acceptors (Lipinski definition) is 2. The fourth-order valence-corrected chi connectivity index (χ4v) is 1.24. The van der Waals surface area contributed by atoms with Gasteiger partial charge in [-0.1, -0.05) is 32.6 Å². The van der Waals surface area contributed by atoms with Crippen molar-refractivity contribution in [1.82, 2.24) is 5.32 Å². The first-order valence-electron chi connectivity index (χ1n) is 5.61. The predicted octanol–water partition coefficient (Wildman–Crippen LogP) is 1.84. The Morgan fingerprint density at radius 1 is 1.29 bits per heavy atom. The molecule has 0 heterocycles. The highest BCUT2D eigenvalue weighted by atomic mass is 16.3. The van der Waals surface area contributed by atoms with Crippen molar-refractivity contribution in [2.75, 3.05) is 6.54 Å². The molecule has 0 fully saturated rings. The van der Waals surface area contributed by atoms with E-state index in [0.717, 1.165) is 12.8 Å². The number of amides is 1. The van der Waals surface area contributed by atoms with Crippen LogP contribution in [0.2, 0.25) is 0 Å². The lowest BCUT2D eigenvalue weighted by molar-refractivity contribution is -0.121. The van der Waals surface area contributed by atoms with Gasteiger partial charge in [0.25, 0.3) is 0 Å². The molecule has 0 rings (SSSR count). The number of hydrogen-bond donors (Lipinski definition) is 2. The van der Waals surface area contributed by atoms with E-state index in [4.69, 9.17) is 5.11 Å². The summed E-state index contributed by atoms with van der Waals surface area (Å²) in [6.07, 6.45) is 5.96. The van der Waals surface area contributed by atoms with Crippen LogP contribution >= 0.6 is 0 Å². The van der Waals surface area contributed by atoms with E-state index in [2.05, 4.69) is 12.2 Å². The molecule has 0 aliphatic rings. The van der Waals surface area contributed by atoms with Crippen molar-refractivity contribution in [3.05, 3.63) is 0 Å².